The van der Waals surface area contributed by atoms with Crippen LogP contribution in [0.3, 0.4) is 0 Å². The molecule has 0 spiro atoms. The number of hydrogen-bond donors (Lipinski definition) is 2. The quantitative estimate of drug-likeness (QED) is 0.352. The van der Waals surface area contributed by atoms with Crippen LogP contribution in [0.25, 0.3) is 0 Å². The van der Waals surface area contributed by atoms with Crippen LogP contribution in [0, 0.1) is 6.92 Å². The predicted molar refractivity (Wildman–Crippen MR) is 126 cm³/mol. The first-order valence-corrected chi connectivity index (χ1v) is 10.2. The van der Waals surface area contributed by atoms with Gasteiger partial charge in [0.15, 0.2) is 5.96 Å². The maximum atomic E-state index is 5.63. The van der Waals surface area contributed by atoms with Crippen molar-refractivity contribution in [1.82, 2.24) is 20.5 Å². The smallest absolute Gasteiger partial charge is 0.191 e. The van der Waals surface area contributed by atoms with E-state index in [0.29, 0.717) is 12.6 Å². The summed E-state index contributed by atoms with van der Waals surface area (Å²) in [5.41, 5.74) is 2.59. The number of benzene rings is 1. The van der Waals surface area contributed by atoms with Gasteiger partial charge >= 0.3 is 0 Å². The highest BCUT2D eigenvalue weighted by Gasteiger charge is 2.16. The molecule has 8 heteroatoms. The number of aliphatic imine (C=N–C) groups is 1. The largest absolute Gasteiger partial charge is 0.376 e. The molecule has 1 fully saturated rings. The molecule has 1 aliphatic heterocycles. The van der Waals surface area contributed by atoms with Gasteiger partial charge in [-0.1, -0.05) is 24.3 Å². The number of thiazole rings is 1. The molecule has 0 saturated carbocycles. The molecule has 1 aromatic carbocycles. The maximum Gasteiger partial charge on any atom is 0.191 e. The number of nitrogens with one attached hydrogen (secondary N) is 2. The summed E-state index contributed by atoms with van der Waals surface area (Å²) in [4.78, 5) is 12.3. The Morgan fingerprint density at radius 1 is 1.32 bits per heavy atom. The van der Waals surface area contributed by atoms with E-state index < -0.39 is 0 Å². The Morgan fingerprint density at radius 2 is 2.11 bits per heavy atom. The number of aromatic nitrogens is 1. The molecule has 1 atom stereocenters. The van der Waals surface area contributed by atoms with Gasteiger partial charge in [0.2, 0.25) is 0 Å². The number of ether oxygens (including phenoxy) is 1. The average molecular weight is 515 g/mol. The van der Waals surface area contributed by atoms with Crippen LogP contribution in [-0.4, -0.2) is 48.7 Å². The summed E-state index contributed by atoms with van der Waals surface area (Å²) >= 11 is 1.70. The van der Waals surface area contributed by atoms with Gasteiger partial charge in [-0.15, -0.1) is 35.3 Å². The molecule has 1 unspecified atom stereocenters. The van der Waals surface area contributed by atoms with E-state index in [1.54, 1.807) is 18.4 Å². The van der Waals surface area contributed by atoms with Crippen LogP contribution in [0.1, 0.15) is 27.9 Å². The van der Waals surface area contributed by atoms with Crippen LogP contribution in [0.5, 0.6) is 0 Å². The minimum Gasteiger partial charge on any atom is -0.376 e. The fourth-order valence-electron chi connectivity index (χ4n) is 3.18. The van der Waals surface area contributed by atoms with E-state index >= 15 is 0 Å². The lowest BCUT2D eigenvalue weighted by atomic mass is 10.1. The van der Waals surface area contributed by atoms with Gasteiger partial charge in [-0.2, -0.15) is 0 Å². The maximum absolute atomic E-state index is 5.63. The Balaban J connectivity index is 0.00000280. The molecule has 28 heavy (non-hydrogen) atoms. The Bertz CT molecular complexity index is 767. The molecular formula is C20H30IN5OS. The number of guanidine groups is 1. The molecule has 1 aromatic heterocycles. The molecule has 0 radical (unpaired) electrons. The van der Waals surface area contributed by atoms with Crippen LogP contribution in [0.15, 0.2) is 35.5 Å². The van der Waals surface area contributed by atoms with Crippen molar-refractivity contribution in [3.05, 3.63) is 51.5 Å². The summed E-state index contributed by atoms with van der Waals surface area (Å²) < 4.78 is 5.63. The van der Waals surface area contributed by atoms with E-state index in [-0.39, 0.29) is 24.0 Å². The molecule has 6 nitrogen and oxygen atoms in total. The van der Waals surface area contributed by atoms with Gasteiger partial charge in [0.25, 0.3) is 0 Å². The van der Waals surface area contributed by atoms with Crippen LogP contribution in [-0.2, 0) is 24.4 Å². The molecule has 1 aliphatic rings. The highest BCUT2D eigenvalue weighted by Crippen LogP contribution is 2.12. The number of halogens is 1. The standard InChI is InChI=1S/C20H29N5OS.HI/c1-15-13-25(7-8-26-15)14-18-6-4-5-17(9-18)11-23-20(21-3)24-12-19-22-10-16(2)27-19;/h4-6,9-10,15H,7-8,11-14H2,1-3H3,(H2,21,23,24);1H. The van der Waals surface area contributed by atoms with Gasteiger partial charge in [0, 0.05) is 44.3 Å². The Morgan fingerprint density at radius 3 is 2.82 bits per heavy atom. The molecule has 1 saturated heterocycles. The minimum absolute atomic E-state index is 0. The van der Waals surface area contributed by atoms with Crippen molar-refractivity contribution >= 4 is 41.3 Å². The van der Waals surface area contributed by atoms with Crippen molar-refractivity contribution in [3.8, 4) is 0 Å². The second-order valence-electron chi connectivity index (χ2n) is 6.88. The van der Waals surface area contributed by atoms with Crippen LogP contribution < -0.4 is 10.6 Å². The van der Waals surface area contributed by atoms with E-state index in [1.165, 1.54) is 16.0 Å². The third-order valence-corrected chi connectivity index (χ3v) is 5.40. The van der Waals surface area contributed by atoms with Gasteiger partial charge in [-0.25, -0.2) is 4.98 Å². The molecule has 0 amide bonds. The van der Waals surface area contributed by atoms with Crippen molar-refractivity contribution < 1.29 is 4.74 Å². The Kier molecular flexibility index (Phi) is 9.63. The zero-order valence-electron chi connectivity index (χ0n) is 16.8. The van der Waals surface area contributed by atoms with Gasteiger partial charge in [0.05, 0.1) is 19.3 Å². The molecule has 0 aliphatic carbocycles. The van der Waals surface area contributed by atoms with E-state index in [4.69, 9.17) is 4.74 Å². The number of aryl methyl sites for hydroxylation is 1. The van der Waals surface area contributed by atoms with Crippen LogP contribution in [0.2, 0.25) is 0 Å². The average Bonchev–Trinajstić information content (AvgIpc) is 3.07. The second kappa shape index (κ2) is 11.7. The lowest BCUT2D eigenvalue weighted by molar-refractivity contribution is -0.0212. The van der Waals surface area contributed by atoms with Crippen LogP contribution >= 0.6 is 35.3 Å². The normalized spacial score (nSPS) is 17.8. The number of hydrogen-bond acceptors (Lipinski definition) is 5. The molecule has 2 aromatic rings. The molecule has 2 N–H and O–H groups in total. The van der Waals surface area contributed by atoms with Gasteiger partial charge in [0.1, 0.15) is 5.01 Å². The summed E-state index contributed by atoms with van der Waals surface area (Å²) in [5, 5.41) is 7.77. The zero-order chi connectivity index (χ0) is 19.1. The van der Waals surface area contributed by atoms with Gasteiger partial charge in [-0.3, -0.25) is 9.89 Å². The van der Waals surface area contributed by atoms with Crippen molar-refractivity contribution in [2.24, 2.45) is 4.99 Å². The lowest BCUT2D eigenvalue weighted by Crippen LogP contribution is -2.40. The van der Waals surface area contributed by atoms with E-state index in [9.17, 15) is 0 Å². The number of morpholine rings is 1. The van der Waals surface area contributed by atoms with Crippen LogP contribution in [0.4, 0.5) is 0 Å². The first-order chi connectivity index (χ1) is 13.1. The van der Waals surface area contributed by atoms with Gasteiger partial charge in [-0.05, 0) is 25.0 Å². The number of nitrogens with zero attached hydrogens (tertiary/aromatic N) is 3. The topological polar surface area (TPSA) is 61.8 Å². The number of rotatable bonds is 6. The summed E-state index contributed by atoms with van der Waals surface area (Å²) in [6.45, 7) is 9.42. The van der Waals surface area contributed by atoms with E-state index in [0.717, 1.165) is 43.8 Å². The van der Waals surface area contributed by atoms with Crippen molar-refractivity contribution in [2.75, 3.05) is 26.7 Å². The lowest BCUT2D eigenvalue weighted by Gasteiger charge is -2.31. The summed E-state index contributed by atoms with van der Waals surface area (Å²) in [6, 6.07) is 8.74. The SMILES string of the molecule is CN=C(NCc1cccc(CN2CCOC(C)C2)c1)NCc1ncc(C)s1.I. The Hall–Kier alpha value is -1.23. The summed E-state index contributed by atoms with van der Waals surface area (Å²) in [5.74, 6) is 0.787. The summed E-state index contributed by atoms with van der Waals surface area (Å²) in [6.07, 6.45) is 2.22. The molecule has 2 heterocycles. The first kappa shape index (κ1) is 23.1. The summed E-state index contributed by atoms with van der Waals surface area (Å²) in [7, 11) is 1.79. The highest BCUT2D eigenvalue weighted by molar-refractivity contribution is 14.0. The van der Waals surface area contributed by atoms with E-state index in [2.05, 4.69) is 63.6 Å². The minimum atomic E-state index is 0. The highest BCUT2D eigenvalue weighted by atomic mass is 127. The fourth-order valence-corrected chi connectivity index (χ4v) is 3.91. The van der Waals surface area contributed by atoms with Crippen molar-refractivity contribution in [3.63, 3.8) is 0 Å². The zero-order valence-corrected chi connectivity index (χ0v) is 19.9. The Labute approximate surface area is 188 Å². The monoisotopic (exact) mass is 515 g/mol. The third kappa shape index (κ3) is 7.31. The molecule has 3 rings (SSSR count). The molecular weight excluding hydrogens is 485 g/mol. The van der Waals surface area contributed by atoms with E-state index in [1.807, 2.05) is 6.20 Å². The first-order valence-electron chi connectivity index (χ1n) is 9.40. The van der Waals surface area contributed by atoms with Crippen molar-refractivity contribution in [2.45, 2.75) is 39.6 Å². The van der Waals surface area contributed by atoms with Crippen molar-refractivity contribution in [1.29, 1.82) is 0 Å². The molecule has 154 valence electrons. The third-order valence-electron chi connectivity index (χ3n) is 4.48. The second-order valence-corrected chi connectivity index (χ2v) is 8.20. The molecule has 0 bridgehead atoms. The van der Waals surface area contributed by atoms with Gasteiger partial charge < -0.3 is 15.4 Å². The fraction of sp³-hybridized carbons (Fsp3) is 0.500. The predicted octanol–water partition coefficient (Wildman–Crippen LogP) is 3.16.